The largest absolute Gasteiger partial charge is 0.378 e. The van der Waals surface area contributed by atoms with Crippen LogP contribution in [0.5, 0.6) is 0 Å². The molecule has 3 nitrogen and oxygen atoms in total. The monoisotopic (exact) mass is 295 g/mol. The molecule has 1 aliphatic carbocycles. The standard InChI is InChI=1S/C18H33NO2/c1-2-10-19-17(13-16-6-5-11-20-16)15-7-12-21-18(14-15)8-3-4-9-18/h15-17,19H,2-14H2,1H3. The van der Waals surface area contributed by atoms with Crippen LogP contribution in [-0.2, 0) is 9.47 Å². The zero-order valence-electron chi connectivity index (χ0n) is 13.7. The molecule has 21 heavy (non-hydrogen) atoms. The van der Waals surface area contributed by atoms with Gasteiger partial charge in [0.15, 0.2) is 0 Å². The van der Waals surface area contributed by atoms with E-state index in [1.165, 1.54) is 64.2 Å². The topological polar surface area (TPSA) is 30.5 Å². The van der Waals surface area contributed by atoms with E-state index in [9.17, 15) is 0 Å². The van der Waals surface area contributed by atoms with Crippen LogP contribution >= 0.6 is 0 Å². The number of ether oxygens (including phenoxy) is 2. The van der Waals surface area contributed by atoms with E-state index in [2.05, 4.69) is 12.2 Å². The molecule has 1 spiro atoms. The van der Waals surface area contributed by atoms with Crippen molar-refractivity contribution in [3.63, 3.8) is 0 Å². The van der Waals surface area contributed by atoms with Crippen molar-refractivity contribution in [2.45, 2.75) is 88.9 Å². The molecule has 0 aromatic heterocycles. The van der Waals surface area contributed by atoms with Crippen LogP contribution < -0.4 is 5.32 Å². The van der Waals surface area contributed by atoms with Crippen molar-refractivity contribution in [3.8, 4) is 0 Å². The SMILES string of the molecule is CCCNC(CC1CCCO1)C1CCOC2(CCCC2)C1. The lowest BCUT2D eigenvalue weighted by Crippen LogP contribution is -2.47. The fraction of sp³-hybridized carbons (Fsp3) is 1.00. The fourth-order valence-corrected chi connectivity index (χ4v) is 4.66. The molecule has 0 aromatic rings. The third-order valence-electron chi connectivity index (χ3n) is 5.81. The summed E-state index contributed by atoms with van der Waals surface area (Å²) >= 11 is 0. The molecule has 1 saturated carbocycles. The summed E-state index contributed by atoms with van der Waals surface area (Å²) in [5, 5.41) is 3.84. The normalized spacial score (nSPS) is 33.6. The number of nitrogens with one attached hydrogen (secondary N) is 1. The summed E-state index contributed by atoms with van der Waals surface area (Å²) < 4.78 is 12.1. The van der Waals surface area contributed by atoms with Crippen molar-refractivity contribution in [2.75, 3.05) is 19.8 Å². The number of rotatable bonds is 6. The molecule has 3 fully saturated rings. The van der Waals surface area contributed by atoms with Gasteiger partial charge in [0.1, 0.15) is 0 Å². The van der Waals surface area contributed by atoms with Crippen LogP contribution in [0.2, 0.25) is 0 Å². The Hall–Kier alpha value is -0.120. The van der Waals surface area contributed by atoms with Crippen LogP contribution in [-0.4, -0.2) is 37.5 Å². The second-order valence-corrected chi connectivity index (χ2v) is 7.42. The zero-order chi connectivity index (χ0) is 14.5. The van der Waals surface area contributed by atoms with Gasteiger partial charge in [0, 0.05) is 19.3 Å². The molecule has 2 aliphatic heterocycles. The van der Waals surface area contributed by atoms with Crippen LogP contribution in [0.4, 0.5) is 0 Å². The van der Waals surface area contributed by atoms with Gasteiger partial charge in [-0.05, 0) is 63.8 Å². The fourth-order valence-electron chi connectivity index (χ4n) is 4.66. The Balaban J connectivity index is 1.60. The van der Waals surface area contributed by atoms with Crippen molar-refractivity contribution in [2.24, 2.45) is 5.92 Å². The van der Waals surface area contributed by atoms with Crippen LogP contribution in [0.25, 0.3) is 0 Å². The summed E-state index contributed by atoms with van der Waals surface area (Å²) in [6.07, 6.45) is 13.3. The average Bonchev–Trinajstić information content (AvgIpc) is 3.16. The third-order valence-corrected chi connectivity index (χ3v) is 5.81. The maximum absolute atomic E-state index is 6.22. The predicted molar refractivity (Wildman–Crippen MR) is 85.5 cm³/mol. The van der Waals surface area contributed by atoms with E-state index in [0.717, 1.165) is 25.7 Å². The first-order chi connectivity index (χ1) is 10.3. The molecule has 2 heterocycles. The van der Waals surface area contributed by atoms with Gasteiger partial charge in [0.25, 0.3) is 0 Å². The lowest BCUT2D eigenvalue weighted by atomic mass is 9.79. The Kier molecular flexibility index (Phi) is 5.58. The lowest BCUT2D eigenvalue weighted by Gasteiger charge is -2.42. The average molecular weight is 295 g/mol. The molecule has 0 radical (unpaired) electrons. The highest BCUT2D eigenvalue weighted by atomic mass is 16.5. The maximum atomic E-state index is 6.22. The molecular formula is C18H33NO2. The summed E-state index contributed by atoms with van der Waals surface area (Å²) in [5.74, 6) is 0.785. The second-order valence-electron chi connectivity index (χ2n) is 7.42. The number of hydrogen-bond acceptors (Lipinski definition) is 3. The Labute approximate surface area is 130 Å². The molecule has 122 valence electrons. The summed E-state index contributed by atoms with van der Waals surface area (Å²) in [4.78, 5) is 0. The Morgan fingerprint density at radius 3 is 2.71 bits per heavy atom. The second kappa shape index (κ2) is 7.43. The first-order valence-electron chi connectivity index (χ1n) is 9.30. The highest BCUT2D eigenvalue weighted by molar-refractivity contribution is 4.95. The Morgan fingerprint density at radius 2 is 2.00 bits per heavy atom. The molecule has 0 aromatic carbocycles. The lowest BCUT2D eigenvalue weighted by molar-refractivity contribution is -0.0999. The molecule has 3 aliphatic rings. The van der Waals surface area contributed by atoms with Gasteiger partial charge in [-0.2, -0.15) is 0 Å². The van der Waals surface area contributed by atoms with Gasteiger partial charge in [-0.1, -0.05) is 19.8 Å². The smallest absolute Gasteiger partial charge is 0.0685 e. The van der Waals surface area contributed by atoms with Crippen molar-refractivity contribution in [1.29, 1.82) is 0 Å². The van der Waals surface area contributed by atoms with Gasteiger partial charge in [0.2, 0.25) is 0 Å². The molecule has 3 rings (SSSR count). The van der Waals surface area contributed by atoms with Crippen LogP contribution in [0.1, 0.15) is 71.1 Å². The molecule has 3 heteroatoms. The quantitative estimate of drug-likeness (QED) is 0.811. The summed E-state index contributed by atoms with van der Waals surface area (Å²) in [7, 11) is 0. The van der Waals surface area contributed by atoms with Gasteiger partial charge in [-0.3, -0.25) is 0 Å². The summed E-state index contributed by atoms with van der Waals surface area (Å²) in [5.41, 5.74) is 0.242. The molecule has 0 amide bonds. The van der Waals surface area contributed by atoms with E-state index in [0.29, 0.717) is 12.1 Å². The van der Waals surface area contributed by atoms with E-state index in [1.807, 2.05) is 0 Å². The minimum absolute atomic E-state index is 0.242. The van der Waals surface area contributed by atoms with Crippen molar-refractivity contribution < 1.29 is 9.47 Å². The van der Waals surface area contributed by atoms with Gasteiger partial charge < -0.3 is 14.8 Å². The summed E-state index contributed by atoms with van der Waals surface area (Å²) in [6.45, 7) is 5.35. The van der Waals surface area contributed by atoms with E-state index in [1.54, 1.807) is 0 Å². The van der Waals surface area contributed by atoms with E-state index in [4.69, 9.17) is 9.47 Å². The third kappa shape index (κ3) is 4.00. The van der Waals surface area contributed by atoms with Crippen LogP contribution in [0.15, 0.2) is 0 Å². The molecular weight excluding hydrogens is 262 g/mol. The minimum Gasteiger partial charge on any atom is -0.378 e. The van der Waals surface area contributed by atoms with Crippen molar-refractivity contribution >= 4 is 0 Å². The summed E-state index contributed by atoms with van der Waals surface area (Å²) in [6, 6.07) is 0.634. The van der Waals surface area contributed by atoms with Gasteiger partial charge in [0.05, 0.1) is 11.7 Å². The molecule has 2 saturated heterocycles. The predicted octanol–water partition coefficient (Wildman–Crippen LogP) is 3.66. The first kappa shape index (κ1) is 15.8. The van der Waals surface area contributed by atoms with Crippen LogP contribution in [0, 0.1) is 5.92 Å². The van der Waals surface area contributed by atoms with Crippen molar-refractivity contribution in [3.05, 3.63) is 0 Å². The van der Waals surface area contributed by atoms with E-state index < -0.39 is 0 Å². The van der Waals surface area contributed by atoms with Gasteiger partial charge in [-0.25, -0.2) is 0 Å². The van der Waals surface area contributed by atoms with E-state index in [-0.39, 0.29) is 5.60 Å². The first-order valence-corrected chi connectivity index (χ1v) is 9.30. The Bertz CT molecular complexity index is 308. The highest BCUT2D eigenvalue weighted by Gasteiger charge is 2.42. The molecule has 3 atom stereocenters. The maximum Gasteiger partial charge on any atom is 0.0685 e. The van der Waals surface area contributed by atoms with Crippen molar-refractivity contribution in [1.82, 2.24) is 5.32 Å². The zero-order valence-corrected chi connectivity index (χ0v) is 13.7. The molecule has 0 bridgehead atoms. The molecule has 1 N–H and O–H groups in total. The van der Waals surface area contributed by atoms with Crippen LogP contribution in [0.3, 0.4) is 0 Å². The molecule has 3 unspecified atom stereocenters. The minimum atomic E-state index is 0.242. The highest BCUT2D eigenvalue weighted by Crippen LogP contribution is 2.43. The van der Waals surface area contributed by atoms with Gasteiger partial charge in [-0.15, -0.1) is 0 Å². The number of hydrogen-bond donors (Lipinski definition) is 1. The van der Waals surface area contributed by atoms with E-state index >= 15 is 0 Å². The Morgan fingerprint density at radius 1 is 1.14 bits per heavy atom. The van der Waals surface area contributed by atoms with Gasteiger partial charge >= 0.3 is 0 Å².